The number of amides is 1. The van der Waals surface area contributed by atoms with Gasteiger partial charge in [-0.25, -0.2) is 4.79 Å². The van der Waals surface area contributed by atoms with E-state index in [0.29, 0.717) is 24.4 Å². The minimum absolute atomic E-state index is 0.0483. The molecule has 1 saturated carbocycles. The maximum atomic E-state index is 13.4. The third-order valence-corrected chi connectivity index (χ3v) is 10.3. The number of benzene rings is 3. The number of aliphatic hydroxyl groups is 2. The van der Waals surface area contributed by atoms with E-state index in [-0.39, 0.29) is 34.4 Å². The molecular weight excluding hydrogens is 560 g/mol. The molecule has 2 heterocycles. The number of nitrogens with one attached hydrogen (secondary N) is 1. The van der Waals surface area contributed by atoms with Crippen LogP contribution in [-0.2, 0) is 16.6 Å². The van der Waals surface area contributed by atoms with Crippen molar-refractivity contribution < 1.29 is 34.8 Å². The van der Waals surface area contributed by atoms with Gasteiger partial charge in [0, 0.05) is 23.8 Å². The lowest BCUT2D eigenvalue weighted by Gasteiger charge is -2.59. The van der Waals surface area contributed by atoms with Crippen molar-refractivity contribution in [3.63, 3.8) is 0 Å². The number of carboxylic acid groups (broad SMARTS) is 1. The van der Waals surface area contributed by atoms with Gasteiger partial charge in [0.15, 0.2) is 17.6 Å². The van der Waals surface area contributed by atoms with Gasteiger partial charge in [-0.3, -0.25) is 9.69 Å². The van der Waals surface area contributed by atoms with Crippen molar-refractivity contribution in [3.05, 3.63) is 88.7 Å². The van der Waals surface area contributed by atoms with Crippen LogP contribution < -0.4 is 10.1 Å². The number of rotatable bonds is 7. The highest BCUT2D eigenvalue weighted by atomic mass is 16.5. The Bertz CT molecular complexity index is 1690. The zero-order valence-corrected chi connectivity index (χ0v) is 24.7. The predicted molar refractivity (Wildman–Crippen MR) is 164 cm³/mol. The summed E-state index contributed by atoms with van der Waals surface area (Å²) in [6.45, 7) is 4.99. The average Bonchev–Trinajstić information content (AvgIpc) is 3.75. The highest BCUT2D eigenvalue weighted by molar-refractivity contribution is 6.04. The third kappa shape index (κ3) is 4.29. The van der Waals surface area contributed by atoms with Gasteiger partial charge in [-0.05, 0) is 99.0 Å². The number of ether oxygens (including phenoxy) is 1. The molecule has 0 radical (unpaired) electrons. The van der Waals surface area contributed by atoms with Crippen LogP contribution in [0.5, 0.6) is 11.5 Å². The number of anilines is 1. The van der Waals surface area contributed by atoms with Gasteiger partial charge in [-0.1, -0.05) is 30.3 Å². The molecule has 3 aromatic rings. The highest BCUT2D eigenvalue weighted by Gasteiger charge is 2.69. The summed E-state index contributed by atoms with van der Waals surface area (Å²) < 4.78 is 6.32. The SMILES string of the molecule is C/C(C(=O)Nc1ccc(-c2ccc(C(=O)O)cc2)cc1)=C(/O)[C@@H]1Oc2c(O)ccc3c2[C@@]12CCN(CC1CC1)[C@H](C3)[C@@]2(C)O. The second-order valence-corrected chi connectivity index (χ2v) is 12.9. The summed E-state index contributed by atoms with van der Waals surface area (Å²) in [7, 11) is 0. The van der Waals surface area contributed by atoms with Gasteiger partial charge in [-0.15, -0.1) is 0 Å². The van der Waals surface area contributed by atoms with E-state index in [1.807, 2.05) is 25.1 Å². The zero-order valence-electron chi connectivity index (χ0n) is 24.7. The van der Waals surface area contributed by atoms with Crippen molar-refractivity contribution in [3.8, 4) is 22.6 Å². The summed E-state index contributed by atoms with van der Waals surface area (Å²) in [5, 5.41) is 46.8. The quantitative estimate of drug-likeness (QED) is 0.189. The van der Waals surface area contributed by atoms with Gasteiger partial charge in [-0.2, -0.15) is 0 Å². The topological polar surface area (TPSA) is 140 Å². The minimum atomic E-state index is -1.29. The van der Waals surface area contributed by atoms with Gasteiger partial charge in [0.2, 0.25) is 0 Å². The maximum absolute atomic E-state index is 13.4. The molecule has 7 rings (SSSR count). The number of fused-ring (bicyclic) bond motifs is 1. The van der Waals surface area contributed by atoms with E-state index < -0.39 is 29.0 Å². The van der Waals surface area contributed by atoms with Crippen LogP contribution in [0.15, 0.2) is 72.0 Å². The van der Waals surface area contributed by atoms with Gasteiger partial charge in [0.25, 0.3) is 5.91 Å². The van der Waals surface area contributed by atoms with E-state index in [2.05, 4.69) is 10.2 Å². The smallest absolute Gasteiger partial charge is 0.335 e. The molecule has 1 spiro atoms. The van der Waals surface area contributed by atoms with Crippen molar-refractivity contribution in [2.24, 2.45) is 5.92 Å². The molecule has 0 aromatic heterocycles. The fraction of sp³-hybridized carbons (Fsp3) is 0.371. The minimum Gasteiger partial charge on any atom is -0.508 e. The Morgan fingerprint density at radius 1 is 1.00 bits per heavy atom. The Hall–Kier alpha value is -4.34. The Labute approximate surface area is 255 Å². The fourth-order valence-corrected chi connectivity index (χ4v) is 7.66. The Balaban J connectivity index is 1.17. The number of phenols is 1. The number of aliphatic hydroxyl groups excluding tert-OH is 1. The van der Waals surface area contributed by atoms with Gasteiger partial charge < -0.3 is 30.5 Å². The normalized spacial score (nSPS) is 27.6. The lowest BCUT2D eigenvalue weighted by Crippen LogP contribution is -2.73. The van der Waals surface area contributed by atoms with Gasteiger partial charge in [0.1, 0.15) is 5.76 Å². The van der Waals surface area contributed by atoms with Gasteiger partial charge in [0.05, 0.1) is 22.2 Å². The lowest BCUT2D eigenvalue weighted by molar-refractivity contribution is -0.153. The van der Waals surface area contributed by atoms with E-state index in [1.165, 1.54) is 19.8 Å². The van der Waals surface area contributed by atoms with Crippen LogP contribution in [0.3, 0.4) is 0 Å². The van der Waals surface area contributed by atoms with Crippen molar-refractivity contribution in [1.29, 1.82) is 0 Å². The first-order valence-electron chi connectivity index (χ1n) is 15.1. The molecule has 228 valence electrons. The van der Waals surface area contributed by atoms with Crippen LogP contribution in [0.25, 0.3) is 11.1 Å². The van der Waals surface area contributed by atoms with Crippen LogP contribution in [0, 0.1) is 5.92 Å². The number of carbonyl (C=O) groups excluding carboxylic acids is 1. The number of aromatic hydroxyl groups is 1. The summed E-state index contributed by atoms with van der Waals surface area (Å²) in [6, 6.07) is 17.0. The van der Waals surface area contributed by atoms with Crippen LogP contribution in [0.2, 0.25) is 0 Å². The number of carboxylic acids is 1. The van der Waals surface area contributed by atoms with Crippen molar-refractivity contribution >= 4 is 17.6 Å². The summed E-state index contributed by atoms with van der Waals surface area (Å²) in [4.78, 5) is 27.0. The van der Waals surface area contributed by atoms with Crippen LogP contribution >= 0.6 is 0 Å². The molecule has 44 heavy (non-hydrogen) atoms. The fourth-order valence-electron chi connectivity index (χ4n) is 7.66. The average molecular weight is 597 g/mol. The Morgan fingerprint density at radius 2 is 1.66 bits per heavy atom. The molecule has 2 bridgehead atoms. The van der Waals surface area contributed by atoms with Crippen LogP contribution in [0.4, 0.5) is 5.69 Å². The summed E-state index contributed by atoms with van der Waals surface area (Å²) in [6.07, 6.45) is 2.48. The number of phenolic OH excluding ortho intramolecular Hbond substituents is 1. The molecule has 2 aliphatic carbocycles. The summed E-state index contributed by atoms with van der Waals surface area (Å²) in [5.74, 6) is -0.897. The number of likely N-dealkylation sites (tertiary alicyclic amines) is 1. The Kier molecular flexibility index (Phi) is 6.53. The summed E-state index contributed by atoms with van der Waals surface area (Å²) >= 11 is 0. The van der Waals surface area contributed by atoms with Crippen LogP contribution in [0.1, 0.15) is 54.6 Å². The highest BCUT2D eigenvalue weighted by Crippen LogP contribution is 2.63. The Morgan fingerprint density at radius 3 is 2.30 bits per heavy atom. The first-order valence-corrected chi connectivity index (χ1v) is 15.1. The molecule has 1 saturated heterocycles. The van der Waals surface area contributed by atoms with E-state index in [4.69, 9.17) is 9.84 Å². The number of piperidine rings is 1. The van der Waals surface area contributed by atoms with Gasteiger partial charge >= 0.3 is 5.97 Å². The molecular formula is C35H36N2O7. The second-order valence-electron chi connectivity index (χ2n) is 12.9. The van der Waals surface area contributed by atoms with Crippen molar-refractivity contribution in [1.82, 2.24) is 4.90 Å². The molecule has 4 aliphatic rings. The number of hydrogen-bond donors (Lipinski definition) is 5. The molecule has 9 nitrogen and oxygen atoms in total. The molecule has 1 amide bonds. The third-order valence-electron chi connectivity index (χ3n) is 10.3. The second kappa shape index (κ2) is 10.1. The van der Waals surface area contributed by atoms with Crippen molar-refractivity contribution in [2.75, 3.05) is 18.4 Å². The van der Waals surface area contributed by atoms with E-state index in [1.54, 1.807) is 42.5 Å². The van der Waals surface area contributed by atoms with Crippen LogP contribution in [-0.4, -0.2) is 68.0 Å². The zero-order chi connectivity index (χ0) is 31.0. The molecule has 5 N–H and O–H groups in total. The number of carbonyl (C=O) groups is 2. The molecule has 2 fully saturated rings. The molecule has 3 aromatic carbocycles. The largest absolute Gasteiger partial charge is 0.508 e. The number of hydrogen-bond acceptors (Lipinski definition) is 7. The molecule has 2 aliphatic heterocycles. The molecule has 9 heteroatoms. The number of nitrogens with zero attached hydrogens (tertiary/aromatic N) is 1. The maximum Gasteiger partial charge on any atom is 0.335 e. The standard InChI is InChI=1S/C35H36N2O7/c1-19(32(40)36-25-12-9-22(10-13-25)21-5-7-23(8-6-21)33(41)42)29(39)31-35-15-16-37(18-20-3-4-20)27(34(35,2)43)17-24-11-14-26(38)30(44-31)28(24)35/h5-14,20,27,31,38-39,43H,3-4,15-18H2,1-2H3,(H,36,40)(H,41,42)/b29-19-/t27-,31+,34-,35+/m1/s1. The number of aromatic carboxylic acids is 1. The lowest BCUT2D eigenvalue weighted by atomic mass is 9.53. The van der Waals surface area contributed by atoms with E-state index in [0.717, 1.165) is 35.3 Å². The molecule has 0 unspecified atom stereocenters. The monoisotopic (exact) mass is 596 g/mol. The molecule has 4 atom stereocenters. The first-order chi connectivity index (χ1) is 21.0. The first kappa shape index (κ1) is 28.4. The van der Waals surface area contributed by atoms with E-state index in [9.17, 15) is 24.9 Å². The van der Waals surface area contributed by atoms with E-state index >= 15 is 0 Å². The predicted octanol–water partition coefficient (Wildman–Crippen LogP) is 5.02. The summed E-state index contributed by atoms with van der Waals surface area (Å²) in [5.41, 5.74) is 1.86. The van der Waals surface area contributed by atoms with Crippen molar-refractivity contribution in [2.45, 2.75) is 62.7 Å².